The average Bonchev–Trinajstić information content (AvgIpc) is 3.27. The number of methoxy groups -OCH3 is 1. The zero-order valence-electron chi connectivity index (χ0n) is 23.6. The van der Waals surface area contributed by atoms with Gasteiger partial charge in [0.25, 0.3) is 5.56 Å². The lowest BCUT2D eigenvalue weighted by atomic mass is 9.43. The molecule has 4 saturated carbocycles. The summed E-state index contributed by atoms with van der Waals surface area (Å²) in [6.07, 6.45) is 10.0. The second-order valence-corrected chi connectivity index (χ2v) is 13.8. The maximum Gasteiger partial charge on any atom is 0.258 e. The molecular weight excluding hydrogens is 476 g/mol. The number of nitrogens with zero attached hydrogens (tertiary/aromatic N) is 1. The minimum atomic E-state index is -0.269. The van der Waals surface area contributed by atoms with Gasteiger partial charge in [0, 0.05) is 6.42 Å². The molecule has 4 aliphatic carbocycles. The van der Waals surface area contributed by atoms with Crippen LogP contribution in [0.5, 0.6) is 5.75 Å². The number of aromatic nitrogens is 2. The quantitative estimate of drug-likeness (QED) is 0.483. The van der Waals surface area contributed by atoms with Crippen molar-refractivity contribution in [3.63, 3.8) is 0 Å². The molecule has 208 valence electrons. The van der Waals surface area contributed by atoms with Gasteiger partial charge in [-0.05, 0) is 116 Å². The van der Waals surface area contributed by atoms with E-state index in [2.05, 4.69) is 25.8 Å². The fourth-order valence-electron chi connectivity index (χ4n) is 10.2. The van der Waals surface area contributed by atoms with E-state index in [0.717, 1.165) is 32.1 Å². The molecule has 1 aromatic heterocycles. The summed E-state index contributed by atoms with van der Waals surface area (Å²) in [6.45, 7) is 7.22. The van der Waals surface area contributed by atoms with Gasteiger partial charge in [-0.25, -0.2) is 4.98 Å². The van der Waals surface area contributed by atoms with Crippen LogP contribution >= 0.6 is 0 Å². The van der Waals surface area contributed by atoms with Gasteiger partial charge in [0.05, 0.1) is 24.7 Å². The molecule has 1 unspecified atom stereocenters. The molecule has 2 aromatic rings. The molecule has 3 N–H and O–H groups in total. The largest absolute Gasteiger partial charge is 0.494 e. The van der Waals surface area contributed by atoms with Crippen LogP contribution in [0.4, 0.5) is 0 Å². The molecule has 4 fully saturated rings. The number of hydrogen-bond acceptors (Lipinski definition) is 5. The summed E-state index contributed by atoms with van der Waals surface area (Å²) < 4.78 is 5.46. The van der Waals surface area contributed by atoms with Crippen molar-refractivity contribution in [2.45, 2.75) is 97.2 Å². The lowest BCUT2D eigenvalue weighted by molar-refractivity contribution is -0.174. The van der Waals surface area contributed by atoms with Gasteiger partial charge in [0.2, 0.25) is 0 Å². The van der Waals surface area contributed by atoms with E-state index >= 15 is 0 Å². The first-order valence-corrected chi connectivity index (χ1v) is 15.1. The maximum atomic E-state index is 12.7. The van der Waals surface area contributed by atoms with E-state index in [4.69, 9.17) is 9.72 Å². The van der Waals surface area contributed by atoms with Crippen molar-refractivity contribution in [1.29, 1.82) is 0 Å². The van der Waals surface area contributed by atoms with E-state index < -0.39 is 0 Å². The Hall–Kier alpha value is -1.92. The van der Waals surface area contributed by atoms with E-state index in [-0.39, 0.29) is 28.6 Å². The van der Waals surface area contributed by atoms with Crippen molar-refractivity contribution in [2.24, 2.45) is 46.3 Å². The third-order valence-corrected chi connectivity index (χ3v) is 12.3. The van der Waals surface area contributed by atoms with Crippen molar-refractivity contribution >= 4 is 10.9 Å². The Labute approximate surface area is 226 Å². The minimum absolute atomic E-state index is 0.0502. The molecule has 1 aromatic carbocycles. The van der Waals surface area contributed by atoms with Gasteiger partial charge in [0.15, 0.2) is 0 Å². The van der Waals surface area contributed by atoms with Crippen LogP contribution in [-0.4, -0.2) is 39.5 Å². The van der Waals surface area contributed by atoms with Crippen molar-refractivity contribution < 1.29 is 14.9 Å². The van der Waals surface area contributed by atoms with E-state index in [1.165, 1.54) is 25.7 Å². The van der Waals surface area contributed by atoms with E-state index in [1.807, 2.05) is 12.1 Å². The maximum absolute atomic E-state index is 12.7. The molecule has 6 nitrogen and oxygen atoms in total. The van der Waals surface area contributed by atoms with Crippen LogP contribution < -0.4 is 10.3 Å². The summed E-state index contributed by atoms with van der Waals surface area (Å²) in [5.74, 6) is 4.72. The molecule has 0 saturated heterocycles. The van der Waals surface area contributed by atoms with Gasteiger partial charge in [-0.1, -0.05) is 26.8 Å². The molecule has 0 amide bonds. The Bertz CT molecular complexity index is 1240. The van der Waals surface area contributed by atoms with Crippen molar-refractivity contribution in [3.05, 3.63) is 34.4 Å². The van der Waals surface area contributed by atoms with Gasteiger partial charge in [-0.2, -0.15) is 0 Å². The number of aryl methyl sites for hydroxylation is 1. The van der Waals surface area contributed by atoms with Gasteiger partial charge >= 0.3 is 0 Å². The number of benzene rings is 1. The normalized spacial score (nSPS) is 41.3. The first kappa shape index (κ1) is 26.3. The van der Waals surface area contributed by atoms with Crippen LogP contribution in [0.25, 0.3) is 10.9 Å². The number of para-hydroxylation sites is 1. The van der Waals surface area contributed by atoms with Crippen LogP contribution in [0.15, 0.2) is 23.0 Å². The Kier molecular flexibility index (Phi) is 6.66. The van der Waals surface area contributed by atoms with Crippen LogP contribution in [0, 0.1) is 46.3 Å². The Morgan fingerprint density at radius 2 is 1.92 bits per heavy atom. The third kappa shape index (κ3) is 3.96. The summed E-state index contributed by atoms with van der Waals surface area (Å²) in [7, 11) is 1.61. The van der Waals surface area contributed by atoms with Crippen molar-refractivity contribution in [3.8, 4) is 5.75 Å². The molecule has 6 heteroatoms. The molecule has 6 rings (SSSR count). The number of aromatic amines is 1. The van der Waals surface area contributed by atoms with E-state index in [1.54, 1.807) is 13.2 Å². The summed E-state index contributed by atoms with van der Waals surface area (Å²) in [6, 6.07) is 5.46. The van der Waals surface area contributed by atoms with Gasteiger partial charge in [0.1, 0.15) is 17.1 Å². The number of rotatable bonds is 5. The number of ether oxygens (including phenoxy) is 1. The zero-order chi connectivity index (χ0) is 26.8. The van der Waals surface area contributed by atoms with Crippen LogP contribution in [0.1, 0.15) is 84.4 Å². The lowest BCUT2D eigenvalue weighted by Crippen LogP contribution is -2.58. The smallest absolute Gasteiger partial charge is 0.258 e. The number of aliphatic hydroxyl groups is 2. The molecule has 10 atom stereocenters. The SMILES string of the molecule is COc1cccc2c(=O)[nH]c(CC[C@@H](C)[C@H]3CC[C@H]4[C@@H]5CC[C@@H]6C[C@H](O)CC[C@]6(C)C5C[C@H](O)[C@]34C)nc12. The van der Waals surface area contributed by atoms with E-state index in [0.29, 0.717) is 64.4 Å². The highest BCUT2D eigenvalue weighted by Crippen LogP contribution is 2.68. The first-order chi connectivity index (χ1) is 18.2. The van der Waals surface area contributed by atoms with Gasteiger partial charge in [-0.3, -0.25) is 4.79 Å². The molecule has 0 aliphatic heterocycles. The predicted molar refractivity (Wildman–Crippen MR) is 149 cm³/mol. The first-order valence-electron chi connectivity index (χ1n) is 15.1. The van der Waals surface area contributed by atoms with Crippen molar-refractivity contribution in [2.75, 3.05) is 7.11 Å². The number of nitrogens with one attached hydrogen (secondary N) is 1. The molecule has 0 bridgehead atoms. The van der Waals surface area contributed by atoms with Crippen molar-refractivity contribution in [1.82, 2.24) is 9.97 Å². The average molecular weight is 523 g/mol. The Morgan fingerprint density at radius 3 is 2.71 bits per heavy atom. The monoisotopic (exact) mass is 522 g/mol. The summed E-state index contributed by atoms with van der Waals surface area (Å²) >= 11 is 0. The van der Waals surface area contributed by atoms with Gasteiger partial charge < -0.3 is 19.9 Å². The topological polar surface area (TPSA) is 95.4 Å². The summed E-state index contributed by atoms with van der Waals surface area (Å²) in [4.78, 5) is 20.5. The number of H-pyrrole nitrogens is 1. The highest BCUT2D eigenvalue weighted by atomic mass is 16.5. The third-order valence-electron chi connectivity index (χ3n) is 12.3. The predicted octanol–water partition coefficient (Wildman–Crippen LogP) is 5.49. The standard InChI is InChI=1S/C32H46N2O4/c1-18(8-13-28-33-29-22(30(37)34-28)6-5-7-26(29)38-4)23-11-12-24-21-10-9-19-16-20(35)14-15-31(19,2)25(21)17-27(36)32(23,24)3/h5-7,18-21,23-25,27,35-36H,8-17H2,1-4H3,(H,33,34,37)/t18-,19-,20-,21+,23-,24+,25?,27+,31+,32-/m1/s1. The highest BCUT2D eigenvalue weighted by Gasteiger charge is 2.63. The molecule has 4 aliphatic rings. The zero-order valence-corrected chi connectivity index (χ0v) is 23.6. The Balaban J connectivity index is 1.20. The summed E-state index contributed by atoms with van der Waals surface area (Å²) in [5, 5.41) is 22.7. The Morgan fingerprint density at radius 1 is 1.11 bits per heavy atom. The molecule has 0 spiro atoms. The van der Waals surface area contributed by atoms with Crippen LogP contribution in [0.3, 0.4) is 0 Å². The number of fused-ring (bicyclic) bond motifs is 6. The molecule has 1 heterocycles. The second-order valence-electron chi connectivity index (χ2n) is 13.8. The second kappa shape index (κ2) is 9.62. The fourth-order valence-corrected chi connectivity index (χ4v) is 10.2. The van der Waals surface area contributed by atoms with E-state index in [9.17, 15) is 15.0 Å². The van der Waals surface area contributed by atoms with Gasteiger partial charge in [-0.15, -0.1) is 0 Å². The number of aliphatic hydroxyl groups excluding tert-OH is 2. The van der Waals surface area contributed by atoms with Crippen LogP contribution in [-0.2, 0) is 6.42 Å². The fraction of sp³-hybridized carbons (Fsp3) is 0.750. The lowest BCUT2D eigenvalue weighted by Gasteiger charge is -2.62. The summed E-state index contributed by atoms with van der Waals surface area (Å²) in [5.41, 5.74) is 0.730. The highest BCUT2D eigenvalue weighted by molar-refractivity contribution is 5.83. The molecular formula is C32H46N2O4. The van der Waals surface area contributed by atoms with Crippen LogP contribution in [0.2, 0.25) is 0 Å². The molecule has 0 radical (unpaired) electrons. The number of hydrogen-bond donors (Lipinski definition) is 3. The minimum Gasteiger partial charge on any atom is -0.494 e. The molecule has 38 heavy (non-hydrogen) atoms.